The number of rotatable bonds is 18. The molecule has 1 aliphatic rings. The van der Waals surface area contributed by atoms with Gasteiger partial charge in [-0.2, -0.15) is 0 Å². The Bertz CT molecular complexity index is 1650. The lowest BCUT2D eigenvalue weighted by molar-refractivity contribution is 0.239. The van der Waals surface area contributed by atoms with Crippen LogP contribution in [-0.4, -0.2) is 26.4 Å². The van der Waals surface area contributed by atoms with Gasteiger partial charge in [-0.05, 0) is 153 Å². The van der Waals surface area contributed by atoms with Gasteiger partial charge in [-0.3, -0.25) is 0 Å². The highest BCUT2D eigenvalue weighted by Crippen LogP contribution is 2.37. The smallest absolute Gasteiger partial charge is 0.119 e. The van der Waals surface area contributed by atoms with Crippen LogP contribution >= 0.6 is 0 Å². The molecule has 0 unspecified atom stereocenters. The first-order valence-electron chi connectivity index (χ1n) is 17.4. The van der Waals surface area contributed by atoms with Crippen LogP contribution < -0.4 is 9.47 Å². The van der Waals surface area contributed by atoms with E-state index in [0.717, 1.165) is 118 Å². The lowest BCUT2D eigenvalue weighted by Crippen LogP contribution is -1.97. The normalized spacial score (nSPS) is 10.8. The number of fused-ring (bicyclic) bond motifs is 3. The molecule has 4 heteroatoms. The Hall–Kier alpha value is -5.32. The molecule has 0 aliphatic heterocycles. The summed E-state index contributed by atoms with van der Waals surface area (Å²) in [4.78, 5) is 0. The standard InChI is InChI=1S/C45H46O4/c1-3-46-29-9-5-7-11-31-48-42-23-17-36(18-24-42)13-15-38-21-27-44-40(33-38)35-41-34-39(22-28-45(41)44)16-14-37-19-25-43(26-20-37)49-32-12-8-6-10-30-47-4-2/h3-4,17-28,33-34H,1-2,5-12,29-32,35H2. The third-order valence-electron chi connectivity index (χ3n) is 8.38. The molecule has 0 saturated carbocycles. The second-order valence-electron chi connectivity index (χ2n) is 12.1. The molecule has 0 aromatic heterocycles. The van der Waals surface area contributed by atoms with Gasteiger partial charge in [0.05, 0.1) is 39.0 Å². The van der Waals surface area contributed by atoms with Gasteiger partial charge in [-0.15, -0.1) is 0 Å². The van der Waals surface area contributed by atoms with Crippen LogP contribution in [0, 0.1) is 23.7 Å². The number of unbranched alkanes of at least 4 members (excludes halogenated alkanes) is 6. The van der Waals surface area contributed by atoms with E-state index in [-0.39, 0.29) is 0 Å². The predicted molar refractivity (Wildman–Crippen MR) is 200 cm³/mol. The minimum absolute atomic E-state index is 0.720. The summed E-state index contributed by atoms with van der Waals surface area (Å²) in [5.74, 6) is 15.1. The van der Waals surface area contributed by atoms with Crippen molar-refractivity contribution in [1.82, 2.24) is 0 Å². The fourth-order valence-electron chi connectivity index (χ4n) is 5.75. The van der Waals surface area contributed by atoms with Gasteiger partial charge in [-0.1, -0.05) is 49.0 Å². The van der Waals surface area contributed by atoms with Crippen LogP contribution in [-0.2, 0) is 15.9 Å². The molecule has 0 amide bonds. The van der Waals surface area contributed by atoms with Crippen molar-refractivity contribution in [3.63, 3.8) is 0 Å². The molecule has 0 radical (unpaired) electrons. The van der Waals surface area contributed by atoms with Crippen LogP contribution in [0.1, 0.15) is 84.7 Å². The highest BCUT2D eigenvalue weighted by atomic mass is 16.5. The van der Waals surface area contributed by atoms with Crippen LogP contribution in [0.2, 0.25) is 0 Å². The molecule has 1 aliphatic carbocycles. The van der Waals surface area contributed by atoms with Gasteiger partial charge in [0.15, 0.2) is 0 Å². The van der Waals surface area contributed by atoms with E-state index in [4.69, 9.17) is 18.9 Å². The van der Waals surface area contributed by atoms with Gasteiger partial charge in [0.1, 0.15) is 11.5 Å². The van der Waals surface area contributed by atoms with Crippen molar-refractivity contribution in [1.29, 1.82) is 0 Å². The molecular weight excluding hydrogens is 604 g/mol. The molecular formula is C45H46O4. The first kappa shape index (κ1) is 35.0. The van der Waals surface area contributed by atoms with Crippen LogP contribution in [0.3, 0.4) is 0 Å². The Morgan fingerprint density at radius 1 is 0.449 bits per heavy atom. The minimum atomic E-state index is 0.720. The highest BCUT2D eigenvalue weighted by molar-refractivity contribution is 5.78. The molecule has 0 fully saturated rings. The van der Waals surface area contributed by atoms with Crippen molar-refractivity contribution in [2.75, 3.05) is 26.4 Å². The molecule has 0 spiro atoms. The average Bonchev–Trinajstić information content (AvgIpc) is 3.50. The van der Waals surface area contributed by atoms with Crippen LogP contribution in [0.15, 0.2) is 111 Å². The second-order valence-corrected chi connectivity index (χ2v) is 12.1. The molecule has 250 valence electrons. The van der Waals surface area contributed by atoms with Crippen molar-refractivity contribution in [3.8, 4) is 46.3 Å². The quantitative estimate of drug-likeness (QED) is 0.0537. The van der Waals surface area contributed by atoms with Crippen LogP contribution in [0.4, 0.5) is 0 Å². The lowest BCUT2D eigenvalue weighted by atomic mass is 10.0. The SMILES string of the molecule is C=COCCCCCCOc1ccc(C#Cc2ccc3c(c2)Cc2cc(C#Cc4ccc(OCCCCCCOC=C)cc4)ccc2-3)cc1. The van der Waals surface area contributed by atoms with E-state index in [1.807, 2.05) is 48.5 Å². The topological polar surface area (TPSA) is 36.9 Å². The Morgan fingerprint density at radius 2 is 0.816 bits per heavy atom. The van der Waals surface area contributed by atoms with Crippen molar-refractivity contribution in [2.24, 2.45) is 0 Å². The summed E-state index contributed by atoms with van der Waals surface area (Å²) in [6.07, 6.45) is 12.6. The van der Waals surface area contributed by atoms with Crippen LogP contribution in [0.25, 0.3) is 11.1 Å². The fourth-order valence-corrected chi connectivity index (χ4v) is 5.75. The zero-order chi connectivity index (χ0) is 33.9. The van der Waals surface area contributed by atoms with Gasteiger partial charge in [0.2, 0.25) is 0 Å². The van der Waals surface area contributed by atoms with Gasteiger partial charge >= 0.3 is 0 Å². The number of hydrogen-bond acceptors (Lipinski definition) is 4. The maximum absolute atomic E-state index is 5.90. The maximum Gasteiger partial charge on any atom is 0.119 e. The predicted octanol–water partition coefficient (Wildman–Crippen LogP) is 10.3. The van der Waals surface area contributed by atoms with Gasteiger partial charge < -0.3 is 18.9 Å². The number of ether oxygens (including phenoxy) is 4. The van der Waals surface area contributed by atoms with E-state index in [0.29, 0.717) is 0 Å². The first-order chi connectivity index (χ1) is 24.2. The zero-order valence-electron chi connectivity index (χ0n) is 28.5. The fraction of sp³-hybridized carbons (Fsp3) is 0.289. The van der Waals surface area contributed by atoms with E-state index in [2.05, 4.69) is 73.2 Å². The summed E-state index contributed by atoms with van der Waals surface area (Å²) in [7, 11) is 0. The molecule has 0 heterocycles. The van der Waals surface area contributed by atoms with E-state index in [9.17, 15) is 0 Å². The molecule has 0 bridgehead atoms. The van der Waals surface area contributed by atoms with Gasteiger partial charge in [0, 0.05) is 22.3 Å². The second kappa shape index (κ2) is 19.5. The molecule has 0 atom stereocenters. The summed E-state index contributed by atoms with van der Waals surface area (Å²) in [5.41, 5.74) is 9.16. The minimum Gasteiger partial charge on any atom is -0.502 e. The maximum atomic E-state index is 5.90. The van der Waals surface area contributed by atoms with Crippen molar-refractivity contribution in [3.05, 3.63) is 144 Å². The monoisotopic (exact) mass is 650 g/mol. The van der Waals surface area contributed by atoms with Crippen molar-refractivity contribution >= 4 is 0 Å². The third-order valence-corrected chi connectivity index (χ3v) is 8.38. The number of hydrogen-bond donors (Lipinski definition) is 0. The molecule has 0 saturated heterocycles. The molecule has 5 rings (SSSR count). The largest absolute Gasteiger partial charge is 0.502 e. The van der Waals surface area contributed by atoms with E-state index >= 15 is 0 Å². The molecule has 4 aromatic rings. The molecule has 4 nitrogen and oxygen atoms in total. The summed E-state index contributed by atoms with van der Waals surface area (Å²) < 4.78 is 22.1. The summed E-state index contributed by atoms with van der Waals surface area (Å²) in [5, 5.41) is 0. The average molecular weight is 651 g/mol. The Labute approximate surface area is 292 Å². The van der Waals surface area contributed by atoms with Crippen LogP contribution in [0.5, 0.6) is 11.5 Å². The van der Waals surface area contributed by atoms with E-state index < -0.39 is 0 Å². The summed E-state index contributed by atoms with van der Waals surface area (Å²) in [6, 6.07) is 29.2. The van der Waals surface area contributed by atoms with E-state index in [1.54, 1.807) is 0 Å². The first-order valence-corrected chi connectivity index (χ1v) is 17.4. The van der Waals surface area contributed by atoms with Crippen molar-refractivity contribution < 1.29 is 18.9 Å². The molecule has 4 aromatic carbocycles. The third kappa shape index (κ3) is 11.4. The Kier molecular flexibility index (Phi) is 13.9. The lowest BCUT2D eigenvalue weighted by Gasteiger charge is -2.06. The zero-order valence-corrected chi connectivity index (χ0v) is 28.5. The summed E-state index contributed by atoms with van der Waals surface area (Å²) >= 11 is 0. The summed E-state index contributed by atoms with van der Waals surface area (Å²) in [6.45, 7) is 10.1. The molecule has 49 heavy (non-hydrogen) atoms. The van der Waals surface area contributed by atoms with Crippen molar-refractivity contribution in [2.45, 2.75) is 57.8 Å². The highest BCUT2D eigenvalue weighted by Gasteiger charge is 2.18. The number of benzene rings is 4. The van der Waals surface area contributed by atoms with Gasteiger partial charge in [-0.25, -0.2) is 0 Å². The Balaban J connectivity index is 1.08. The van der Waals surface area contributed by atoms with E-state index in [1.165, 1.54) is 34.8 Å². The van der Waals surface area contributed by atoms with Gasteiger partial charge in [0.25, 0.3) is 0 Å². The molecule has 0 N–H and O–H groups in total. The Morgan fingerprint density at radius 3 is 1.22 bits per heavy atom.